The molecule has 0 aliphatic rings. The number of benzene rings is 1. The average molecular weight is 273 g/mol. The number of nitrogens with two attached hydrogens (primary N) is 1. The highest BCUT2D eigenvalue weighted by atomic mass is 19.1. The first kappa shape index (κ1) is 14.5. The van der Waals surface area contributed by atoms with Crippen molar-refractivity contribution in [1.82, 2.24) is 4.98 Å². The fourth-order valence-corrected chi connectivity index (χ4v) is 2.15. The van der Waals surface area contributed by atoms with Crippen molar-refractivity contribution in [3.05, 3.63) is 54.1 Å². The Bertz CT molecular complexity index is 554. The zero-order chi connectivity index (χ0) is 14.5. The number of anilines is 2. The van der Waals surface area contributed by atoms with Crippen molar-refractivity contribution in [2.75, 3.05) is 11.4 Å². The van der Waals surface area contributed by atoms with Crippen LogP contribution < -0.4 is 10.6 Å². The molecular formula is C16H20FN3. The number of hydrogen-bond acceptors (Lipinski definition) is 3. The molecule has 1 atom stereocenters. The van der Waals surface area contributed by atoms with Crippen molar-refractivity contribution in [2.24, 2.45) is 5.73 Å². The van der Waals surface area contributed by atoms with Crippen LogP contribution in [0.1, 0.15) is 32.0 Å². The van der Waals surface area contributed by atoms with Crippen molar-refractivity contribution in [1.29, 1.82) is 0 Å². The molecule has 0 fully saturated rings. The Morgan fingerprint density at radius 1 is 1.20 bits per heavy atom. The minimum atomic E-state index is -0.233. The van der Waals surface area contributed by atoms with E-state index in [0.717, 1.165) is 17.8 Å². The minimum Gasteiger partial charge on any atom is -0.338 e. The second-order valence-corrected chi connectivity index (χ2v) is 4.65. The predicted molar refractivity (Wildman–Crippen MR) is 80.5 cm³/mol. The van der Waals surface area contributed by atoms with Gasteiger partial charge >= 0.3 is 0 Å². The number of halogens is 1. The molecule has 0 radical (unpaired) electrons. The van der Waals surface area contributed by atoms with Crippen molar-refractivity contribution in [3.8, 4) is 0 Å². The number of nitrogens with zero attached hydrogens (tertiary/aromatic N) is 2. The highest BCUT2D eigenvalue weighted by Crippen LogP contribution is 2.27. The predicted octanol–water partition coefficient (Wildman–Crippen LogP) is 3.79. The van der Waals surface area contributed by atoms with Gasteiger partial charge in [0.15, 0.2) is 0 Å². The van der Waals surface area contributed by atoms with Gasteiger partial charge in [0.1, 0.15) is 5.82 Å². The maximum absolute atomic E-state index is 13.9. The molecule has 2 N–H and O–H groups in total. The van der Waals surface area contributed by atoms with Crippen LogP contribution in [0.15, 0.2) is 42.6 Å². The fraction of sp³-hybridized carbons (Fsp3) is 0.312. The summed E-state index contributed by atoms with van der Waals surface area (Å²) in [6, 6.07) is 10.6. The Kier molecular flexibility index (Phi) is 4.69. The van der Waals surface area contributed by atoms with Gasteiger partial charge in [-0.2, -0.15) is 0 Å². The van der Waals surface area contributed by atoms with Crippen LogP contribution >= 0.6 is 0 Å². The molecule has 2 aromatic rings. The number of hydrogen-bond donors (Lipinski definition) is 1. The maximum Gasteiger partial charge on any atom is 0.146 e. The Balaban J connectivity index is 2.31. The SMILES string of the molecule is CC[C@@H](N)c1ccc(N(CC)c2ccccc2F)cn1. The van der Waals surface area contributed by atoms with Gasteiger partial charge < -0.3 is 10.6 Å². The molecule has 0 unspecified atom stereocenters. The summed E-state index contributed by atoms with van der Waals surface area (Å²) < 4.78 is 13.9. The summed E-state index contributed by atoms with van der Waals surface area (Å²) in [7, 11) is 0. The highest BCUT2D eigenvalue weighted by Gasteiger charge is 2.12. The van der Waals surface area contributed by atoms with E-state index in [9.17, 15) is 4.39 Å². The van der Waals surface area contributed by atoms with Gasteiger partial charge in [-0.15, -0.1) is 0 Å². The van der Waals surface area contributed by atoms with E-state index in [1.54, 1.807) is 18.3 Å². The van der Waals surface area contributed by atoms with Crippen LogP contribution in [0.4, 0.5) is 15.8 Å². The van der Waals surface area contributed by atoms with Crippen molar-refractivity contribution < 1.29 is 4.39 Å². The van der Waals surface area contributed by atoms with Crippen molar-refractivity contribution in [2.45, 2.75) is 26.3 Å². The van der Waals surface area contributed by atoms with Crippen LogP contribution in [-0.4, -0.2) is 11.5 Å². The van der Waals surface area contributed by atoms with Crippen molar-refractivity contribution >= 4 is 11.4 Å². The summed E-state index contributed by atoms with van der Waals surface area (Å²) in [5.74, 6) is -0.233. The van der Waals surface area contributed by atoms with Crippen LogP contribution in [0.2, 0.25) is 0 Å². The number of para-hydroxylation sites is 1. The summed E-state index contributed by atoms with van der Waals surface area (Å²) in [5.41, 5.74) is 8.24. The first-order chi connectivity index (χ1) is 9.67. The third kappa shape index (κ3) is 2.96. The lowest BCUT2D eigenvalue weighted by atomic mass is 10.1. The van der Waals surface area contributed by atoms with Gasteiger partial charge in [0.05, 0.1) is 23.3 Å². The number of aromatic nitrogens is 1. The van der Waals surface area contributed by atoms with Crippen LogP contribution in [0, 0.1) is 5.82 Å². The average Bonchev–Trinajstić information content (AvgIpc) is 2.50. The molecule has 0 amide bonds. The molecule has 1 aromatic carbocycles. The van der Waals surface area contributed by atoms with Gasteiger partial charge in [0.25, 0.3) is 0 Å². The fourth-order valence-electron chi connectivity index (χ4n) is 2.15. The first-order valence-electron chi connectivity index (χ1n) is 6.91. The molecule has 1 heterocycles. The molecule has 0 saturated carbocycles. The summed E-state index contributed by atoms with van der Waals surface area (Å²) in [5, 5.41) is 0. The lowest BCUT2D eigenvalue weighted by Gasteiger charge is -2.23. The van der Waals surface area contributed by atoms with Gasteiger partial charge in [-0.3, -0.25) is 4.98 Å². The molecule has 4 heteroatoms. The third-order valence-corrected chi connectivity index (χ3v) is 3.36. The molecule has 0 bridgehead atoms. The number of pyridine rings is 1. The molecule has 0 saturated heterocycles. The van der Waals surface area contributed by atoms with E-state index >= 15 is 0 Å². The van der Waals surface area contributed by atoms with Gasteiger partial charge in [-0.05, 0) is 37.6 Å². The second kappa shape index (κ2) is 6.48. The van der Waals surface area contributed by atoms with Crippen LogP contribution in [0.25, 0.3) is 0 Å². The van der Waals surface area contributed by atoms with E-state index in [2.05, 4.69) is 4.98 Å². The molecule has 0 aliphatic heterocycles. The number of rotatable bonds is 5. The smallest absolute Gasteiger partial charge is 0.146 e. The quantitative estimate of drug-likeness (QED) is 0.901. The van der Waals surface area contributed by atoms with E-state index in [0.29, 0.717) is 12.2 Å². The Morgan fingerprint density at radius 2 is 1.95 bits per heavy atom. The molecule has 106 valence electrons. The van der Waals surface area contributed by atoms with Crippen LogP contribution in [0.5, 0.6) is 0 Å². The molecule has 0 spiro atoms. The standard InChI is InChI=1S/C16H20FN3/c1-3-14(18)15-10-9-12(11-19-15)20(4-2)16-8-6-5-7-13(16)17/h5-11,14H,3-4,18H2,1-2H3/t14-/m1/s1. The maximum atomic E-state index is 13.9. The third-order valence-electron chi connectivity index (χ3n) is 3.36. The molecular weight excluding hydrogens is 253 g/mol. The monoisotopic (exact) mass is 273 g/mol. The lowest BCUT2D eigenvalue weighted by Crippen LogP contribution is -2.18. The Hall–Kier alpha value is -1.94. The molecule has 2 rings (SSSR count). The van der Waals surface area contributed by atoms with Gasteiger partial charge in [-0.1, -0.05) is 19.1 Å². The largest absolute Gasteiger partial charge is 0.338 e. The van der Waals surface area contributed by atoms with Gasteiger partial charge in [0.2, 0.25) is 0 Å². The normalized spacial score (nSPS) is 12.2. The van der Waals surface area contributed by atoms with Crippen molar-refractivity contribution in [3.63, 3.8) is 0 Å². The van der Waals surface area contributed by atoms with Crippen LogP contribution in [0.3, 0.4) is 0 Å². The lowest BCUT2D eigenvalue weighted by molar-refractivity contribution is 0.625. The minimum absolute atomic E-state index is 0.0485. The zero-order valence-corrected chi connectivity index (χ0v) is 11.9. The molecule has 20 heavy (non-hydrogen) atoms. The Morgan fingerprint density at radius 3 is 2.50 bits per heavy atom. The second-order valence-electron chi connectivity index (χ2n) is 4.65. The molecule has 1 aromatic heterocycles. The van der Waals surface area contributed by atoms with Gasteiger partial charge in [-0.25, -0.2) is 4.39 Å². The van der Waals surface area contributed by atoms with E-state index in [1.807, 2.05) is 36.9 Å². The van der Waals surface area contributed by atoms with E-state index in [4.69, 9.17) is 5.73 Å². The first-order valence-corrected chi connectivity index (χ1v) is 6.91. The molecule has 0 aliphatic carbocycles. The highest BCUT2D eigenvalue weighted by molar-refractivity contribution is 5.62. The zero-order valence-electron chi connectivity index (χ0n) is 11.9. The summed E-state index contributed by atoms with van der Waals surface area (Å²) in [6.45, 7) is 4.68. The molecule has 3 nitrogen and oxygen atoms in total. The van der Waals surface area contributed by atoms with E-state index in [1.165, 1.54) is 6.07 Å². The summed E-state index contributed by atoms with van der Waals surface area (Å²) in [4.78, 5) is 6.28. The van der Waals surface area contributed by atoms with E-state index in [-0.39, 0.29) is 11.9 Å². The van der Waals surface area contributed by atoms with Crippen LogP contribution in [-0.2, 0) is 0 Å². The summed E-state index contributed by atoms with van der Waals surface area (Å²) >= 11 is 0. The van der Waals surface area contributed by atoms with E-state index < -0.39 is 0 Å². The Labute approximate surface area is 119 Å². The van der Waals surface area contributed by atoms with Gasteiger partial charge in [0, 0.05) is 12.6 Å². The summed E-state index contributed by atoms with van der Waals surface area (Å²) in [6.07, 6.45) is 2.60. The topological polar surface area (TPSA) is 42.1 Å².